The van der Waals surface area contributed by atoms with E-state index in [1.165, 1.54) is 32.1 Å². The van der Waals surface area contributed by atoms with Crippen molar-refractivity contribution < 1.29 is 0 Å². The molecule has 0 unspecified atom stereocenters. The van der Waals surface area contributed by atoms with Gasteiger partial charge in [-0.05, 0) is 25.0 Å². The van der Waals surface area contributed by atoms with Crippen LogP contribution in [-0.2, 0) is 0 Å². The number of halogens is 1. The van der Waals surface area contributed by atoms with Crippen LogP contribution in [-0.4, -0.2) is 28.7 Å². The number of anilines is 1. The van der Waals surface area contributed by atoms with Crippen molar-refractivity contribution in [3.8, 4) is 0 Å². The van der Waals surface area contributed by atoms with Crippen LogP contribution in [0.1, 0.15) is 32.1 Å². The van der Waals surface area contributed by atoms with Gasteiger partial charge in [0, 0.05) is 24.7 Å². The Morgan fingerprint density at radius 3 is 2.75 bits per heavy atom. The van der Waals surface area contributed by atoms with Gasteiger partial charge in [-0.25, -0.2) is 0 Å². The summed E-state index contributed by atoms with van der Waals surface area (Å²) < 4.78 is 0. The van der Waals surface area contributed by atoms with Gasteiger partial charge in [0.15, 0.2) is 5.82 Å². The molecule has 1 aromatic heterocycles. The maximum Gasteiger partial charge on any atom is 0.151 e. The number of hydrogen-bond acceptors (Lipinski definition) is 3. The monoisotopic (exact) mass is 239 g/mol. The highest BCUT2D eigenvalue weighted by molar-refractivity contribution is 6.18. The summed E-state index contributed by atoms with van der Waals surface area (Å²) in [7, 11) is 0. The topological polar surface area (TPSA) is 29.0 Å². The number of rotatable bonds is 4. The molecule has 1 aromatic rings. The lowest BCUT2D eigenvalue weighted by molar-refractivity contribution is 0.416. The van der Waals surface area contributed by atoms with Crippen molar-refractivity contribution >= 4 is 17.4 Å². The lowest BCUT2D eigenvalue weighted by Gasteiger charge is -2.34. The van der Waals surface area contributed by atoms with E-state index >= 15 is 0 Å². The van der Waals surface area contributed by atoms with E-state index in [1.54, 1.807) is 6.20 Å². The Hall–Kier alpha value is -0.830. The van der Waals surface area contributed by atoms with Crippen LogP contribution in [0, 0.1) is 0 Å². The molecule has 0 bridgehead atoms. The van der Waals surface area contributed by atoms with Crippen molar-refractivity contribution in [2.75, 3.05) is 17.3 Å². The summed E-state index contributed by atoms with van der Waals surface area (Å²) in [5, 5.41) is 8.14. The van der Waals surface area contributed by atoms with Gasteiger partial charge in [-0.2, -0.15) is 5.10 Å². The second-order valence-corrected chi connectivity index (χ2v) is 4.63. The molecule has 1 fully saturated rings. The van der Waals surface area contributed by atoms with E-state index in [0.717, 1.165) is 12.4 Å². The predicted octanol–water partition coefficient (Wildman–Crippen LogP) is 2.85. The molecule has 1 saturated carbocycles. The van der Waals surface area contributed by atoms with E-state index in [1.807, 2.05) is 12.1 Å². The highest BCUT2D eigenvalue weighted by atomic mass is 35.5. The minimum absolute atomic E-state index is 0.601. The van der Waals surface area contributed by atoms with E-state index in [4.69, 9.17) is 11.6 Å². The van der Waals surface area contributed by atoms with E-state index < -0.39 is 0 Å². The van der Waals surface area contributed by atoms with Gasteiger partial charge in [-0.1, -0.05) is 19.3 Å². The molecule has 0 atom stereocenters. The molecule has 0 radical (unpaired) electrons. The fraction of sp³-hybridized carbons (Fsp3) is 0.667. The minimum Gasteiger partial charge on any atom is -0.351 e. The summed E-state index contributed by atoms with van der Waals surface area (Å²) >= 11 is 5.88. The number of aromatic nitrogens is 2. The van der Waals surface area contributed by atoms with Gasteiger partial charge in [0.2, 0.25) is 0 Å². The van der Waals surface area contributed by atoms with Crippen molar-refractivity contribution in [2.45, 2.75) is 38.1 Å². The van der Waals surface area contributed by atoms with Crippen LogP contribution in [0.3, 0.4) is 0 Å². The Balaban J connectivity index is 2.09. The lowest BCUT2D eigenvalue weighted by atomic mass is 9.94. The first-order valence-corrected chi connectivity index (χ1v) is 6.55. The molecule has 0 aromatic carbocycles. The maximum absolute atomic E-state index is 5.88. The smallest absolute Gasteiger partial charge is 0.151 e. The molecule has 1 aliphatic rings. The Labute approximate surface area is 102 Å². The van der Waals surface area contributed by atoms with E-state index in [0.29, 0.717) is 11.9 Å². The quantitative estimate of drug-likeness (QED) is 0.757. The fourth-order valence-corrected chi connectivity index (χ4v) is 2.60. The maximum atomic E-state index is 5.88. The van der Waals surface area contributed by atoms with Gasteiger partial charge >= 0.3 is 0 Å². The summed E-state index contributed by atoms with van der Waals surface area (Å²) in [4.78, 5) is 2.32. The Bertz CT molecular complexity index is 298. The molecule has 2 rings (SSSR count). The third-order valence-corrected chi connectivity index (χ3v) is 3.36. The third-order valence-electron chi connectivity index (χ3n) is 3.19. The molecule has 3 nitrogen and oxygen atoms in total. The van der Waals surface area contributed by atoms with Gasteiger partial charge in [0.1, 0.15) is 0 Å². The molecular formula is C12H18ClN3. The zero-order valence-electron chi connectivity index (χ0n) is 9.48. The highest BCUT2D eigenvalue weighted by Gasteiger charge is 2.21. The van der Waals surface area contributed by atoms with Crippen LogP contribution in [0.4, 0.5) is 5.82 Å². The summed E-state index contributed by atoms with van der Waals surface area (Å²) in [6.07, 6.45) is 8.24. The van der Waals surface area contributed by atoms with Gasteiger partial charge < -0.3 is 4.90 Å². The molecule has 1 heterocycles. The summed E-state index contributed by atoms with van der Waals surface area (Å²) in [5.74, 6) is 1.61. The third kappa shape index (κ3) is 2.85. The SMILES string of the molecule is ClCCN(c1cccnn1)C1CCCCC1. The Morgan fingerprint density at radius 2 is 2.12 bits per heavy atom. The molecule has 0 N–H and O–H groups in total. The molecular weight excluding hydrogens is 222 g/mol. The molecule has 0 amide bonds. The average molecular weight is 240 g/mol. The van der Waals surface area contributed by atoms with E-state index in [9.17, 15) is 0 Å². The first-order chi connectivity index (χ1) is 7.92. The zero-order chi connectivity index (χ0) is 11.2. The summed E-state index contributed by atoms with van der Waals surface area (Å²) in [6, 6.07) is 4.56. The van der Waals surface area contributed by atoms with Crippen molar-refractivity contribution in [3.63, 3.8) is 0 Å². The molecule has 16 heavy (non-hydrogen) atoms. The predicted molar refractivity (Wildman–Crippen MR) is 67.0 cm³/mol. The second-order valence-electron chi connectivity index (χ2n) is 4.26. The number of alkyl halides is 1. The number of hydrogen-bond donors (Lipinski definition) is 0. The molecule has 0 spiro atoms. The van der Waals surface area contributed by atoms with Gasteiger partial charge in [0.25, 0.3) is 0 Å². The van der Waals surface area contributed by atoms with Gasteiger partial charge in [0.05, 0.1) is 0 Å². The largest absolute Gasteiger partial charge is 0.351 e. The van der Waals surface area contributed by atoms with Crippen molar-refractivity contribution in [1.29, 1.82) is 0 Å². The lowest BCUT2D eigenvalue weighted by Crippen LogP contribution is -2.38. The standard InChI is InChI=1S/C12H18ClN3/c13-8-10-16(11-5-2-1-3-6-11)12-7-4-9-14-15-12/h4,7,9,11H,1-3,5-6,8,10H2. The fourth-order valence-electron chi connectivity index (χ4n) is 2.41. The van der Waals surface area contributed by atoms with Gasteiger partial charge in [-0.3, -0.25) is 0 Å². The van der Waals surface area contributed by atoms with Crippen LogP contribution in [0.25, 0.3) is 0 Å². The summed E-state index contributed by atoms with van der Waals surface area (Å²) in [6.45, 7) is 0.866. The van der Waals surface area contributed by atoms with Crippen molar-refractivity contribution in [1.82, 2.24) is 10.2 Å². The Kier molecular flexibility index (Phi) is 4.40. The zero-order valence-corrected chi connectivity index (χ0v) is 10.2. The van der Waals surface area contributed by atoms with E-state index in [2.05, 4.69) is 15.1 Å². The van der Waals surface area contributed by atoms with E-state index in [-0.39, 0.29) is 0 Å². The normalized spacial score (nSPS) is 17.3. The first-order valence-electron chi connectivity index (χ1n) is 6.02. The van der Waals surface area contributed by atoms with Crippen molar-refractivity contribution in [2.24, 2.45) is 0 Å². The van der Waals surface area contributed by atoms with Crippen LogP contribution in [0.5, 0.6) is 0 Å². The summed E-state index contributed by atoms with van der Waals surface area (Å²) in [5.41, 5.74) is 0. The highest BCUT2D eigenvalue weighted by Crippen LogP contribution is 2.25. The van der Waals surface area contributed by atoms with Crippen LogP contribution < -0.4 is 4.90 Å². The molecule has 1 aliphatic carbocycles. The first kappa shape index (κ1) is 11.6. The minimum atomic E-state index is 0.601. The second kappa shape index (κ2) is 6.04. The van der Waals surface area contributed by atoms with Crippen LogP contribution in [0.15, 0.2) is 18.3 Å². The van der Waals surface area contributed by atoms with Gasteiger partial charge in [-0.15, -0.1) is 16.7 Å². The molecule has 0 aliphatic heterocycles. The average Bonchev–Trinajstić information content (AvgIpc) is 2.38. The number of nitrogens with zero attached hydrogens (tertiary/aromatic N) is 3. The molecule has 0 saturated heterocycles. The van der Waals surface area contributed by atoms with Crippen LogP contribution >= 0.6 is 11.6 Å². The molecule has 88 valence electrons. The Morgan fingerprint density at radius 1 is 1.31 bits per heavy atom. The molecule has 4 heteroatoms. The van der Waals surface area contributed by atoms with Crippen LogP contribution in [0.2, 0.25) is 0 Å². The van der Waals surface area contributed by atoms with Crippen molar-refractivity contribution in [3.05, 3.63) is 18.3 Å².